The molecule has 0 heterocycles. The summed E-state index contributed by atoms with van der Waals surface area (Å²) in [6.45, 7) is 6.10. The molecule has 0 aromatic heterocycles. The lowest BCUT2D eigenvalue weighted by atomic mass is 10.1. The van der Waals surface area contributed by atoms with Crippen LogP contribution in [0, 0.1) is 11.3 Å². The summed E-state index contributed by atoms with van der Waals surface area (Å²) in [6, 6.07) is 0. The number of rotatable bonds is 1. The Hall–Kier alpha value is -0.330. The largest absolute Gasteiger partial charge is 0.299 e. The van der Waals surface area contributed by atoms with Crippen LogP contribution in [0.4, 0.5) is 0 Å². The van der Waals surface area contributed by atoms with Gasteiger partial charge in [-0.3, -0.25) is 4.79 Å². The highest BCUT2D eigenvalue weighted by atomic mass is 16.1. The number of hydrogen-bond acceptors (Lipinski definition) is 1. The zero-order valence-electron chi connectivity index (χ0n) is 5.69. The maximum absolute atomic E-state index is 10.8. The van der Waals surface area contributed by atoms with Crippen molar-refractivity contribution in [1.82, 2.24) is 0 Å². The van der Waals surface area contributed by atoms with Gasteiger partial charge in [0.05, 0.1) is 0 Å². The molecular weight excluding hydrogens is 100 g/mol. The molecule has 46 valence electrons. The minimum atomic E-state index is 0.0365. The van der Waals surface area contributed by atoms with E-state index in [0.29, 0.717) is 11.7 Å². The van der Waals surface area contributed by atoms with E-state index in [2.05, 4.69) is 6.92 Å². The first-order valence-electron chi connectivity index (χ1n) is 3.15. The fraction of sp³-hybridized carbons (Fsp3) is 0.857. The predicted octanol–water partition coefficient (Wildman–Crippen LogP) is 1.62. The number of carbonyl (C=O) groups is 1. The molecule has 1 aliphatic rings. The SMILES string of the molecule is CCC1C(=O)C1(C)C. The summed E-state index contributed by atoms with van der Waals surface area (Å²) in [6.07, 6.45) is 1.02. The summed E-state index contributed by atoms with van der Waals surface area (Å²) in [7, 11) is 0. The lowest BCUT2D eigenvalue weighted by Crippen LogP contribution is -1.88. The van der Waals surface area contributed by atoms with Crippen molar-refractivity contribution in [2.75, 3.05) is 0 Å². The normalized spacial score (nSPS) is 32.9. The van der Waals surface area contributed by atoms with Crippen molar-refractivity contribution in [1.29, 1.82) is 0 Å². The molecular formula is C7H12O. The van der Waals surface area contributed by atoms with E-state index in [4.69, 9.17) is 0 Å². The second-order valence-corrected chi connectivity index (χ2v) is 3.05. The van der Waals surface area contributed by atoms with Crippen LogP contribution in [0.25, 0.3) is 0 Å². The van der Waals surface area contributed by atoms with Gasteiger partial charge >= 0.3 is 0 Å². The zero-order valence-corrected chi connectivity index (χ0v) is 5.69. The van der Waals surface area contributed by atoms with E-state index in [9.17, 15) is 4.79 Å². The first-order valence-corrected chi connectivity index (χ1v) is 3.15. The van der Waals surface area contributed by atoms with Crippen LogP contribution in [0.5, 0.6) is 0 Å². The number of carbonyl (C=O) groups excluding carboxylic acids is 1. The van der Waals surface area contributed by atoms with Gasteiger partial charge in [-0.1, -0.05) is 20.8 Å². The molecule has 0 aromatic rings. The van der Waals surface area contributed by atoms with Gasteiger partial charge in [0, 0.05) is 11.3 Å². The van der Waals surface area contributed by atoms with Gasteiger partial charge < -0.3 is 0 Å². The van der Waals surface area contributed by atoms with Gasteiger partial charge in [-0.05, 0) is 6.42 Å². The van der Waals surface area contributed by atoms with Crippen molar-refractivity contribution in [3.05, 3.63) is 0 Å². The molecule has 1 saturated carbocycles. The molecule has 1 rings (SSSR count). The monoisotopic (exact) mass is 112 g/mol. The van der Waals surface area contributed by atoms with Crippen LogP contribution < -0.4 is 0 Å². The summed E-state index contributed by atoms with van der Waals surface area (Å²) >= 11 is 0. The standard InChI is InChI=1S/C7H12O/c1-4-5-6(8)7(5,2)3/h5H,4H2,1-3H3. The smallest absolute Gasteiger partial charge is 0.143 e. The molecule has 1 nitrogen and oxygen atoms in total. The quantitative estimate of drug-likeness (QED) is 0.503. The molecule has 8 heavy (non-hydrogen) atoms. The summed E-state index contributed by atoms with van der Waals surface area (Å²) < 4.78 is 0. The van der Waals surface area contributed by atoms with Crippen LogP contribution >= 0.6 is 0 Å². The van der Waals surface area contributed by atoms with Crippen LogP contribution in [0.2, 0.25) is 0 Å². The Labute approximate surface area is 50.1 Å². The summed E-state index contributed by atoms with van der Waals surface area (Å²) in [5.74, 6) is 0.822. The Morgan fingerprint density at radius 3 is 2.00 bits per heavy atom. The Morgan fingerprint density at radius 2 is 2.00 bits per heavy atom. The molecule has 1 unspecified atom stereocenters. The van der Waals surface area contributed by atoms with E-state index >= 15 is 0 Å². The molecule has 0 amide bonds. The maximum atomic E-state index is 10.8. The second kappa shape index (κ2) is 1.34. The minimum Gasteiger partial charge on any atom is -0.299 e. The molecule has 0 aromatic carbocycles. The van der Waals surface area contributed by atoms with Crippen molar-refractivity contribution in [3.63, 3.8) is 0 Å². The van der Waals surface area contributed by atoms with E-state index in [1.54, 1.807) is 0 Å². The van der Waals surface area contributed by atoms with E-state index in [1.807, 2.05) is 13.8 Å². The third-order valence-corrected chi connectivity index (χ3v) is 2.15. The Bertz CT molecular complexity index is 124. The Kier molecular flexibility index (Phi) is 0.969. The zero-order chi connectivity index (χ0) is 6.36. The van der Waals surface area contributed by atoms with Gasteiger partial charge in [0.2, 0.25) is 0 Å². The van der Waals surface area contributed by atoms with Crippen LogP contribution in [0.15, 0.2) is 0 Å². The molecule has 1 atom stereocenters. The number of hydrogen-bond donors (Lipinski definition) is 0. The van der Waals surface area contributed by atoms with E-state index in [1.165, 1.54) is 0 Å². The first-order chi connectivity index (χ1) is 3.60. The van der Waals surface area contributed by atoms with Gasteiger partial charge in [0.15, 0.2) is 0 Å². The van der Waals surface area contributed by atoms with Crippen molar-refractivity contribution in [3.8, 4) is 0 Å². The molecule has 1 heteroatoms. The topological polar surface area (TPSA) is 17.1 Å². The van der Waals surface area contributed by atoms with Crippen molar-refractivity contribution in [2.24, 2.45) is 11.3 Å². The van der Waals surface area contributed by atoms with Crippen LogP contribution in [-0.4, -0.2) is 5.78 Å². The third kappa shape index (κ3) is 0.504. The maximum Gasteiger partial charge on any atom is 0.143 e. The van der Waals surface area contributed by atoms with Crippen LogP contribution in [-0.2, 0) is 4.79 Å². The summed E-state index contributed by atoms with van der Waals surface area (Å²) in [5, 5.41) is 0. The highest BCUT2D eigenvalue weighted by Crippen LogP contribution is 2.48. The van der Waals surface area contributed by atoms with Gasteiger partial charge in [-0.2, -0.15) is 0 Å². The Morgan fingerprint density at radius 1 is 1.62 bits per heavy atom. The van der Waals surface area contributed by atoms with E-state index in [-0.39, 0.29) is 5.41 Å². The highest BCUT2D eigenvalue weighted by Gasteiger charge is 2.55. The fourth-order valence-corrected chi connectivity index (χ4v) is 1.29. The third-order valence-electron chi connectivity index (χ3n) is 2.15. The average molecular weight is 112 g/mol. The minimum absolute atomic E-state index is 0.0365. The Balaban J connectivity index is 2.58. The van der Waals surface area contributed by atoms with Crippen LogP contribution in [0.1, 0.15) is 27.2 Å². The molecule has 0 saturated heterocycles. The predicted molar refractivity (Wildman–Crippen MR) is 32.6 cm³/mol. The van der Waals surface area contributed by atoms with Gasteiger partial charge in [-0.25, -0.2) is 0 Å². The first kappa shape index (κ1) is 5.80. The second-order valence-electron chi connectivity index (χ2n) is 3.05. The van der Waals surface area contributed by atoms with Gasteiger partial charge in [0.1, 0.15) is 5.78 Å². The molecule has 0 spiro atoms. The van der Waals surface area contributed by atoms with Gasteiger partial charge in [-0.15, -0.1) is 0 Å². The number of Topliss-reactive ketones (excluding diaryl/α,β-unsaturated/α-hetero) is 1. The highest BCUT2D eigenvalue weighted by molar-refractivity contribution is 6.02. The number of ketones is 1. The lowest BCUT2D eigenvalue weighted by molar-refractivity contribution is -0.113. The van der Waals surface area contributed by atoms with Crippen molar-refractivity contribution < 1.29 is 4.79 Å². The van der Waals surface area contributed by atoms with E-state index < -0.39 is 0 Å². The summed E-state index contributed by atoms with van der Waals surface area (Å²) in [5.41, 5.74) is 0.0365. The lowest BCUT2D eigenvalue weighted by Gasteiger charge is -1.91. The van der Waals surface area contributed by atoms with E-state index in [0.717, 1.165) is 6.42 Å². The van der Waals surface area contributed by atoms with Gasteiger partial charge in [0.25, 0.3) is 0 Å². The average Bonchev–Trinajstić information content (AvgIpc) is 2.09. The molecule has 0 radical (unpaired) electrons. The summed E-state index contributed by atoms with van der Waals surface area (Å²) in [4.78, 5) is 10.8. The van der Waals surface area contributed by atoms with Crippen LogP contribution in [0.3, 0.4) is 0 Å². The molecule has 0 N–H and O–H groups in total. The molecule has 0 aliphatic heterocycles. The van der Waals surface area contributed by atoms with Crippen molar-refractivity contribution in [2.45, 2.75) is 27.2 Å². The molecule has 1 fully saturated rings. The molecule has 0 bridgehead atoms. The fourth-order valence-electron chi connectivity index (χ4n) is 1.29. The molecule has 1 aliphatic carbocycles. The van der Waals surface area contributed by atoms with Crippen molar-refractivity contribution >= 4 is 5.78 Å².